The first-order chi connectivity index (χ1) is 10.1. The number of nitrogens with one attached hydrogen (secondary N) is 2. The van der Waals surface area contributed by atoms with Gasteiger partial charge in [0.05, 0.1) is 6.54 Å². The van der Waals surface area contributed by atoms with Crippen LogP contribution < -0.4 is 15.4 Å². The number of carbonyl (C=O) groups is 1. The van der Waals surface area contributed by atoms with Gasteiger partial charge in [0.2, 0.25) is 5.91 Å². The number of ether oxygens (including phenoxy) is 1. The molecule has 1 fully saturated rings. The highest BCUT2D eigenvalue weighted by atomic mass is 16.5. The Hall–Kier alpha value is -1.55. The van der Waals surface area contributed by atoms with E-state index in [0.717, 1.165) is 30.7 Å². The van der Waals surface area contributed by atoms with Crippen LogP contribution in [-0.2, 0) is 4.79 Å². The summed E-state index contributed by atoms with van der Waals surface area (Å²) in [4.78, 5) is 12.2. The van der Waals surface area contributed by atoms with Crippen LogP contribution in [0.15, 0.2) is 24.3 Å². The van der Waals surface area contributed by atoms with Crippen molar-refractivity contribution in [1.82, 2.24) is 10.6 Å². The average molecular weight is 290 g/mol. The second kappa shape index (κ2) is 7.46. The zero-order chi connectivity index (χ0) is 15.2. The van der Waals surface area contributed by atoms with Crippen LogP contribution in [0, 0.1) is 12.8 Å². The Morgan fingerprint density at radius 3 is 2.95 bits per heavy atom. The molecule has 1 aromatic rings. The van der Waals surface area contributed by atoms with Crippen molar-refractivity contribution < 1.29 is 9.53 Å². The number of benzene rings is 1. The summed E-state index contributed by atoms with van der Waals surface area (Å²) in [6.45, 7) is 7.61. The molecule has 2 N–H and O–H groups in total. The van der Waals surface area contributed by atoms with Gasteiger partial charge < -0.3 is 15.4 Å². The van der Waals surface area contributed by atoms with Gasteiger partial charge >= 0.3 is 0 Å². The molecule has 1 unspecified atom stereocenters. The molecule has 0 aromatic heterocycles. The van der Waals surface area contributed by atoms with Crippen molar-refractivity contribution >= 4 is 5.91 Å². The van der Waals surface area contributed by atoms with Gasteiger partial charge in [0, 0.05) is 12.0 Å². The first-order valence-electron chi connectivity index (χ1n) is 7.79. The largest absolute Gasteiger partial charge is 0.489 e. The first kappa shape index (κ1) is 15.8. The summed E-state index contributed by atoms with van der Waals surface area (Å²) in [5, 5.41) is 6.39. The predicted molar refractivity (Wildman–Crippen MR) is 84.5 cm³/mol. The van der Waals surface area contributed by atoms with Gasteiger partial charge in [-0.2, -0.15) is 0 Å². The van der Waals surface area contributed by atoms with Gasteiger partial charge in [-0.1, -0.05) is 18.2 Å². The third kappa shape index (κ3) is 4.74. The molecular formula is C17H26N2O2. The molecule has 116 valence electrons. The molecule has 4 heteroatoms. The minimum absolute atomic E-state index is 0.0332. The Morgan fingerprint density at radius 2 is 2.24 bits per heavy atom. The highest BCUT2D eigenvalue weighted by Gasteiger charge is 2.24. The molecule has 0 bridgehead atoms. The molecule has 0 radical (unpaired) electrons. The van der Waals surface area contributed by atoms with Gasteiger partial charge in [-0.3, -0.25) is 4.79 Å². The molecule has 3 atom stereocenters. The normalized spacial score (nSPS) is 23.4. The van der Waals surface area contributed by atoms with E-state index in [1.807, 2.05) is 38.1 Å². The monoisotopic (exact) mass is 290 g/mol. The van der Waals surface area contributed by atoms with Crippen molar-refractivity contribution in [2.24, 2.45) is 5.92 Å². The van der Waals surface area contributed by atoms with Crippen LogP contribution in [-0.4, -0.2) is 31.1 Å². The Labute approximate surface area is 127 Å². The lowest BCUT2D eigenvalue weighted by Gasteiger charge is -2.27. The van der Waals surface area contributed by atoms with E-state index in [1.54, 1.807) is 0 Å². The average Bonchev–Trinajstić information content (AvgIpc) is 2.47. The standard InChI is InChI=1S/C17H26N2O2/c1-12-6-4-5-7-16(12)21-14(3)11-19-17(20)15-8-9-18-13(2)10-15/h4-7,13-15,18H,8-11H2,1-3H3,(H,19,20)/t13-,14?,15-/m0/s1. The van der Waals surface area contributed by atoms with Gasteiger partial charge in [0.15, 0.2) is 0 Å². The predicted octanol–water partition coefficient (Wildman–Crippen LogP) is 2.27. The van der Waals surface area contributed by atoms with Crippen molar-refractivity contribution in [3.8, 4) is 5.75 Å². The molecule has 1 amide bonds. The highest BCUT2D eigenvalue weighted by molar-refractivity contribution is 5.78. The summed E-state index contributed by atoms with van der Waals surface area (Å²) >= 11 is 0. The van der Waals surface area contributed by atoms with Crippen molar-refractivity contribution in [2.75, 3.05) is 13.1 Å². The Bertz CT molecular complexity index is 476. The molecule has 1 saturated heterocycles. The molecule has 0 aliphatic carbocycles. The first-order valence-corrected chi connectivity index (χ1v) is 7.79. The van der Waals surface area contributed by atoms with E-state index in [2.05, 4.69) is 17.6 Å². The summed E-state index contributed by atoms with van der Waals surface area (Å²) in [5.74, 6) is 1.17. The number of rotatable bonds is 5. The molecule has 0 saturated carbocycles. The number of hydrogen-bond donors (Lipinski definition) is 2. The fourth-order valence-corrected chi connectivity index (χ4v) is 2.71. The van der Waals surface area contributed by atoms with E-state index in [-0.39, 0.29) is 17.9 Å². The SMILES string of the molecule is Cc1ccccc1OC(C)CNC(=O)[C@H]1CCN[C@@H](C)C1. The zero-order valence-electron chi connectivity index (χ0n) is 13.2. The third-order valence-corrected chi connectivity index (χ3v) is 3.98. The number of hydrogen-bond acceptors (Lipinski definition) is 3. The Balaban J connectivity index is 1.77. The van der Waals surface area contributed by atoms with E-state index < -0.39 is 0 Å². The van der Waals surface area contributed by atoms with Crippen LogP contribution in [0.2, 0.25) is 0 Å². The molecule has 21 heavy (non-hydrogen) atoms. The second-order valence-corrected chi connectivity index (χ2v) is 6.02. The lowest BCUT2D eigenvalue weighted by molar-refractivity contribution is -0.126. The molecule has 1 aliphatic heterocycles. The second-order valence-electron chi connectivity index (χ2n) is 6.02. The van der Waals surface area contributed by atoms with E-state index in [4.69, 9.17) is 4.74 Å². The minimum Gasteiger partial charge on any atom is -0.489 e. The number of aryl methyl sites for hydroxylation is 1. The fourth-order valence-electron chi connectivity index (χ4n) is 2.71. The smallest absolute Gasteiger partial charge is 0.223 e. The zero-order valence-corrected chi connectivity index (χ0v) is 13.2. The topological polar surface area (TPSA) is 50.4 Å². The molecule has 0 spiro atoms. The molecule has 4 nitrogen and oxygen atoms in total. The van der Waals surface area contributed by atoms with Crippen molar-refractivity contribution in [1.29, 1.82) is 0 Å². The summed E-state index contributed by atoms with van der Waals surface area (Å²) in [7, 11) is 0. The third-order valence-electron chi connectivity index (χ3n) is 3.98. The molecule has 1 aliphatic rings. The summed E-state index contributed by atoms with van der Waals surface area (Å²) in [6, 6.07) is 8.37. The van der Waals surface area contributed by atoms with Crippen LogP contribution in [0.1, 0.15) is 32.3 Å². The number of amides is 1. The van der Waals surface area contributed by atoms with Crippen LogP contribution >= 0.6 is 0 Å². The molecule has 1 heterocycles. The molecule has 2 rings (SSSR count). The number of para-hydroxylation sites is 1. The fraction of sp³-hybridized carbons (Fsp3) is 0.588. The van der Waals surface area contributed by atoms with Gasteiger partial charge in [0.1, 0.15) is 11.9 Å². The van der Waals surface area contributed by atoms with E-state index >= 15 is 0 Å². The lowest BCUT2D eigenvalue weighted by Crippen LogP contribution is -2.44. The van der Waals surface area contributed by atoms with Crippen LogP contribution in [0.4, 0.5) is 0 Å². The summed E-state index contributed by atoms with van der Waals surface area (Å²) in [6.07, 6.45) is 1.80. The van der Waals surface area contributed by atoms with Crippen molar-refractivity contribution in [3.63, 3.8) is 0 Å². The van der Waals surface area contributed by atoms with Crippen LogP contribution in [0.5, 0.6) is 5.75 Å². The van der Waals surface area contributed by atoms with Crippen molar-refractivity contribution in [3.05, 3.63) is 29.8 Å². The Morgan fingerprint density at radius 1 is 1.48 bits per heavy atom. The minimum atomic E-state index is -0.0332. The maximum Gasteiger partial charge on any atom is 0.223 e. The van der Waals surface area contributed by atoms with Crippen molar-refractivity contribution in [2.45, 2.75) is 45.8 Å². The molecular weight excluding hydrogens is 264 g/mol. The molecule has 1 aromatic carbocycles. The maximum absolute atomic E-state index is 12.2. The highest BCUT2D eigenvalue weighted by Crippen LogP contribution is 2.18. The van der Waals surface area contributed by atoms with Gasteiger partial charge in [0.25, 0.3) is 0 Å². The number of piperidine rings is 1. The van der Waals surface area contributed by atoms with Crippen LogP contribution in [0.3, 0.4) is 0 Å². The lowest BCUT2D eigenvalue weighted by atomic mass is 9.92. The number of carbonyl (C=O) groups excluding carboxylic acids is 1. The van der Waals surface area contributed by atoms with Crippen LogP contribution in [0.25, 0.3) is 0 Å². The van der Waals surface area contributed by atoms with E-state index in [9.17, 15) is 4.79 Å². The van der Waals surface area contributed by atoms with E-state index in [0.29, 0.717) is 12.6 Å². The Kier molecular flexibility index (Phi) is 5.62. The van der Waals surface area contributed by atoms with Gasteiger partial charge in [-0.15, -0.1) is 0 Å². The maximum atomic E-state index is 12.2. The van der Waals surface area contributed by atoms with E-state index in [1.165, 1.54) is 0 Å². The van der Waals surface area contributed by atoms with Gasteiger partial charge in [-0.25, -0.2) is 0 Å². The summed E-state index contributed by atoms with van der Waals surface area (Å²) < 4.78 is 5.88. The quantitative estimate of drug-likeness (QED) is 0.874. The van der Waals surface area contributed by atoms with Gasteiger partial charge in [-0.05, 0) is 51.8 Å². The summed E-state index contributed by atoms with van der Waals surface area (Å²) in [5.41, 5.74) is 1.11.